The largest absolute Gasteiger partial charge is 0.480 e. The Morgan fingerprint density at radius 3 is 2.76 bits per heavy atom. The Bertz CT molecular complexity index is 295. The number of hydrogen-bond acceptors (Lipinski definition) is 3. The fourth-order valence-corrected chi connectivity index (χ4v) is 3.38. The molecule has 17 heavy (non-hydrogen) atoms. The molecule has 4 heteroatoms. The topological polar surface area (TPSA) is 52.6 Å². The first-order valence-corrected chi connectivity index (χ1v) is 6.71. The highest BCUT2D eigenvalue weighted by Crippen LogP contribution is 2.33. The maximum Gasteiger partial charge on any atom is 0.323 e. The van der Waals surface area contributed by atoms with Crippen LogP contribution in [0.15, 0.2) is 0 Å². The predicted molar refractivity (Wildman–Crippen MR) is 67.0 cm³/mol. The van der Waals surface area contributed by atoms with Gasteiger partial charge in [-0.3, -0.25) is 10.1 Å². The molecule has 1 aliphatic carbocycles. The summed E-state index contributed by atoms with van der Waals surface area (Å²) in [6.07, 6.45) is 4.83. The van der Waals surface area contributed by atoms with E-state index in [-0.39, 0.29) is 0 Å². The molecular formula is C13H24N2O2. The fraction of sp³-hybridized carbons (Fsp3) is 0.923. The monoisotopic (exact) mass is 240 g/mol. The third-order valence-corrected chi connectivity index (χ3v) is 4.28. The molecule has 2 aliphatic rings. The Labute approximate surface area is 103 Å². The minimum absolute atomic E-state index is 0.349. The van der Waals surface area contributed by atoms with Gasteiger partial charge in [-0.2, -0.15) is 0 Å². The zero-order valence-electron chi connectivity index (χ0n) is 10.9. The van der Waals surface area contributed by atoms with Gasteiger partial charge in [0.05, 0.1) is 0 Å². The Hall–Kier alpha value is -0.610. The number of nitrogens with one attached hydrogen (secondary N) is 1. The summed E-state index contributed by atoms with van der Waals surface area (Å²) in [4.78, 5) is 13.9. The highest BCUT2D eigenvalue weighted by molar-refractivity contribution is 5.79. The summed E-state index contributed by atoms with van der Waals surface area (Å²) < 4.78 is 0. The summed E-state index contributed by atoms with van der Waals surface area (Å²) in [5.41, 5.74) is -0.659. The third kappa shape index (κ3) is 2.80. The minimum atomic E-state index is -0.659. The molecular weight excluding hydrogens is 216 g/mol. The van der Waals surface area contributed by atoms with Crippen LogP contribution in [0.5, 0.6) is 0 Å². The van der Waals surface area contributed by atoms with Crippen molar-refractivity contribution in [3.63, 3.8) is 0 Å². The van der Waals surface area contributed by atoms with Crippen LogP contribution >= 0.6 is 0 Å². The van der Waals surface area contributed by atoms with Crippen LogP contribution in [0.4, 0.5) is 0 Å². The van der Waals surface area contributed by atoms with Gasteiger partial charge in [-0.25, -0.2) is 0 Å². The van der Waals surface area contributed by atoms with E-state index in [0.717, 1.165) is 38.8 Å². The molecule has 0 amide bonds. The molecule has 1 heterocycles. The molecule has 0 bridgehead atoms. The molecule has 98 valence electrons. The van der Waals surface area contributed by atoms with Gasteiger partial charge in [0.15, 0.2) is 0 Å². The molecule has 2 fully saturated rings. The molecule has 1 saturated heterocycles. The van der Waals surface area contributed by atoms with Gasteiger partial charge in [0.1, 0.15) is 5.54 Å². The lowest BCUT2D eigenvalue weighted by Gasteiger charge is -2.39. The smallest absolute Gasteiger partial charge is 0.323 e. The van der Waals surface area contributed by atoms with Crippen molar-refractivity contribution in [3.8, 4) is 0 Å². The van der Waals surface area contributed by atoms with Crippen LogP contribution in [0.3, 0.4) is 0 Å². The second kappa shape index (κ2) is 4.94. The van der Waals surface area contributed by atoms with Gasteiger partial charge in [0.25, 0.3) is 0 Å². The first-order valence-electron chi connectivity index (χ1n) is 6.71. The summed E-state index contributed by atoms with van der Waals surface area (Å²) in [7, 11) is 2.10. The lowest BCUT2D eigenvalue weighted by Crippen LogP contribution is -2.58. The normalized spacial score (nSPS) is 39.4. The number of carboxylic acids is 1. The molecule has 1 saturated carbocycles. The SMILES string of the molecule is CC1CCCC(NC2CCN(C)C2)(C(=O)O)C1. The van der Waals surface area contributed by atoms with Crippen molar-refractivity contribution in [1.29, 1.82) is 0 Å². The van der Waals surface area contributed by atoms with Gasteiger partial charge >= 0.3 is 5.97 Å². The van der Waals surface area contributed by atoms with E-state index in [9.17, 15) is 9.90 Å². The quantitative estimate of drug-likeness (QED) is 0.781. The lowest BCUT2D eigenvalue weighted by atomic mass is 9.76. The summed E-state index contributed by atoms with van der Waals surface area (Å²) in [6.45, 7) is 4.21. The second-order valence-electron chi connectivity index (χ2n) is 5.98. The summed E-state index contributed by atoms with van der Waals surface area (Å²) in [5.74, 6) is -0.134. The molecule has 0 aromatic heterocycles. The highest BCUT2D eigenvalue weighted by Gasteiger charge is 2.43. The number of nitrogens with zero attached hydrogens (tertiary/aromatic N) is 1. The molecule has 0 aromatic rings. The van der Waals surface area contributed by atoms with Crippen LogP contribution in [-0.2, 0) is 4.79 Å². The number of rotatable bonds is 3. The summed E-state index contributed by atoms with van der Waals surface area (Å²) >= 11 is 0. The Balaban J connectivity index is 2.03. The highest BCUT2D eigenvalue weighted by atomic mass is 16.4. The van der Waals surface area contributed by atoms with E-state index in [4.69, 9.17) is 0 Å². The molecule has 0 radical (unpaired) electrons. The van der Waals surface area contributed by atoms with E-state index in [1.807, 2.05) is 0 Å². The van der Waals surface area contributed by atoms with Crippen LogP contribution in [-0.4, -0.2) is 47.7 Å². The molecule has 3 atom stereocenters. The molecule has 4 nitrogen and oxygen atoms in total. The van der Waals surface area contributed by atoms with Crippen molar-refractivity contribution in [2.45, 2.75) is 50.6 Å². The molecule has 2 N–H and O–H groups in total. The third-order valence-electron chi connectivity index (χ3n) is 4.28. The van der Waals surface area contributed by atoms with Crippen molar-refractivity contribution in [2.24, 2.45) is 5.92 Å². The number of likely N-dealkylation sites (N-methyl/N-ethyl adjacent to an activating group) is 1. The van der Waals surface area contributed by atoms with E-state index in [0.29, 0.717) is 12.0 Å². The van der Waals surface area contributed by atoms with Gasteiger partial charge in [0.2, 0.25) is 0 Å². The zero-order valence-corrected chi connectivity index (χ0v) is 10.9. The summed E-state index contributed by atoms with van der Waals surface area (Å²) in [5, 5.41) is 13.0. The maximum absolute atomic E-state index is 11.6. The Morgan fingerprint density at radius 1 is 1.47 bits per heavy atom. The van der Waals surface area contributed by atoms with Crippen molar-refractivity contribution in [1.82, 2.24) is 10.2 Å². The predicted octanol–water partition coefficient (Wildman–Crippen LogP) is 1.31. The maximum atomic E-state index is 11.6. The molecule has 0 aromatic carbocycles. The number of hydrogen-bond donors (Lipinski definition) is 2. The van der Waals surface area contributed by atoms with Gasteiger partial charge in [0, 0.05) is 12.6 Å². The van der Waals surface area contributed by atoms with E-state index in [1.165, 1.54) is 6.42 Å². The number of likely N-dealkylation sites (tertiary alicyclic amines) is 1. The van der Waals surface area contributed by atoms with E-state index < -0.39 is 11.5 Å². The Morgan fingerprint density at radius 2 is 2.24 bits per heavy atom. The minimum Gasteiger partial charge on any atom is -0.480 e. The Kier molecular flexibility index (Phi) is 3.73. The average molecular weight is 240 g/mol. The van der Waals surface area contributed by atoms with Crippen molar-refractivity contribution < 1.29 is 9.90 Å². The van der Waals surface area contributed by atoms with E-state index in [1.54, 1.807) is 0 Å². The van der Waals surface area contributed by atoms with Crippen LogP contribution in [0.25, 0.3) is 0 Å². The second-order valence-corrected chi connectivity index (χ2v) is 5.98. The van der Waals surface area contributed by atoms with Crippen LogP contribution in [0.1, 0.15) is 39.0 Å². The van der Waals surface area contributed by atoms with Crippen molar-refractivity contribution in [2.75, 3.05) is 20.1 Å². The van der Waals surface area contributed by atoms with Gasteiger partial charge in [-0.1, -0.05) is 19.8 Å². The molecule has 1 aliphatic heterocycles. The lowest BCUT2D eigenvalue weighted by molar-refractivity contribution is -0.147. The zero-order chi connectivity index (χ0) is 12.5. The number of aliphatic carboxylic acids is 1. The first kappa shape index (κ1) is 12.8. The molecule has 0 spiro atoms. The first-order chi connectivity index (χ1) is 8.02. The number of carboxylic acid groups (broad SMARTS) is 1. The number of carbonyl (C=O) groups is 1. The van der Waals surface area contributed by atoms with E-state index >= 15 is 0 Å². The summed E-state index contributed by atoms with van der Waals surface area (Å²) in [6, 6.07) is 0.349. The molecule has 3 unspecified atom stereocenters. The van der Waals surface area contributed by atoms with Gasteiger partial charge in [-0.05, 0) is 38.8 Å². The molecule has 2 rings (SSSR count). The van der Waals surface area contributed by atoms with E-state index in [2.05, 4.69) is 24.2 Å². The van der Waals surface area contributed by atoms with Gasteiger partial charge < -0.3 is 10.0 Å². The van der Waals surface area contributed by atoms with Crippen molar-refractivity contribution >= 4 is 5.97 Å². The van der Waals surface area contributed by atoms with Crippen LogP contribution < -0.4 is 5.32 Å². The van der Waals surface area contributed by atoms with Gasteiger partial charge in [-0.15, -0.1) is 0 Å². The fourth-order valence-electron chi connectivity index (χ4n) is 3.38. The average Bonchev–Trinajstić information content (AvgIpc) is 2.63. The van der Waals surface area contributed by atoms with Crippen LogP contribution in [0.2, 0.25) is 0 Å². The van der Waals surface area contributed by atoms with Crippen LogP contribution in [0, 0.1) is 5.92 Å². The standard InChI is InChI=1S/C13H24N2O2/c1-10-4-3-6-13(8-10,12(16)17)14-11-5-7-15(2)9-11/h10-11,14H,3-9H2,1-2H3,(H,16,17). The van der Waals surface area contributed by atoms with Crippen molar-refractivity contribution in [3.05, 3.63) is 0 Å².